The second-order valence-corrected chi connectivity index (χ2v) is 6.96. The number of ether oxygens (including phenoxy) is 2. The maximum atomic E-state index is 12.5. The van der Waals surface area contributed by atoms with Crippen molar-refractivity contribution in [1.29, 1.82) is 0 Å². The molecule has 8 heteroatoms. The lowest BCUT2D eigenvalue weighted by Gasteiger charge is -2.12. The van der Waals surface area contributed by atoms with Gasteiger partial charge in [-0.05, 0) is 44.0 Å². The van der Waals surface area contributed by atoms with E-state index in [2.05, 4.69) is 17.0 Å². The van der Waals surface area contributed by atoms with Crippen LogP contribution in [0.15, 0.2) is 27.8 Å². The van der Waals surface area contributed by atoms with Gasteiger partial charge in [-0.15, -0.1) is 0 Å². The quantitative estimate of drug-likeness (QED) is 0.576. The summed E-state index contributed by atoms with van der Waals surface area (Å²) in [6.07, 6.45) is 3.76. The van der Waals surface area contributed by atoms with Crippen LogP contribution in [0.1, 0.15) is 37.9 Å². The third kappa shape index (κ3) is 4.16. The van der Waals surface area contributed by atoms with Gasteiger partial charge in [0, 0.05) is 0 Å². The number of rotatable bonds is 7. The highest BCUT2D eigenvalue weighted by Gasteiger charge is 2.10. The molecule has 3 aromatic rings. The first kappa shape index (κ1) is 19.0. The monoisotopic (exact) mass is 387 g/mol. The molecule has 0 fully saturated rings. The molecule has 0 aliphatic carbocycles. The first-order valence-corrected chi connectivity index (χ1v) is 9.67. The summed E-state index contributed by atoms with van der Waals surface area (Å²) in [7, 11) is 0. The molecule has 27 heavy (non-hydrogen) atoms. The summed E-state index contributed by atoms with van der Waals surface area (Å²) >= 11 is 1.13. The van der Waals surface area contributed by atoms with E-state index < -0.39 is 5.56 Å². The van der Waals surface area contributed by atoms with Crippen LogP contribution in [0.2, 0.25) is 0 Å². The van der Waals surface area contributed by atoms with Crippen molar-refractivity contribution in [2.45, 2.75) is 33.6 Å². The van der Waals surface area contributed by atoms with Crippen molar-refractivity contribution in [3.05, 3.63) is 54.7 Å². The summed E-state index contributed by atoms with van der Waals surface area (Å²) in [5, 5.41) is 4.01. The Bertz CT molecular complexity index is 1120. The zero-order chi connectivity index (χ0) is 19.4. The molecular formula is C19H21N3O4S. The third-order valence-electron chi connectivity index (χ3n) is 3.86. The van der Waals surface area contributed by atoms with E-state index in [-0.39, 0.29) is 16.2 Å². The molecule has 0 aliphatic rings. The molecule has 0 unspecified atom stereocenters. The van der Waals surface area contributed by atoms with Crippen LogP contribution in [-0.2, 0) is 0 Å². The van der Waals surface area contributed by atoms with Crippen LogP contribution in [-0.4, -0.2) is 27.8 Å². The van der Waals surface area contributed by atoms with E-state index in [0.717, 1.165) is 29.7 Å². The third-order valence-corrected chi connectivity index (χ3v) is 4.82. The van der Waals surface area contributed by atoms with Gasteiger partial charge >= 0.3 is 0 Å². The first-order valence-electron chi connectivity index (χ1n) is 8.85. The molecule has 0 amide bonds. The fraction of sp³-hybridized carbons (Fsp3) is 0.368. The van der Waals surface area contributed by atoms with Crippen molar-refractivity contribution in [2.24, 2.45) is 0 Å². The molecule has 2 heterocycles. The Morgan fingerprint density at radius 2 is 2.00 bits per heavy atom. The molecule has 1 aromatic carbocycles. The Morgan fingerprint density at radius 3 is 2.74 bits per heavy atom. The predicted molar refractivity (Wildman–Crippen MR) is 105 cm³/mol. The average molecular weight is 387 g/mol. The van der Waals surface area contributed by atoms with E-state index >= 15 is 0 Å². The minimum Gasteiger partial charge on any atom is -0.490 e. The Morgan fingerprint density at radius 1 is 1.19 bits per heavy atom. The van der Waals surface area contributed by atoms with E-state index in [1.54, 1.807) is 6.08 Å². The summed E-state index contributed by atoms with van der Waals surface area (Å²) in [5.41, 5.74) is 0.271. The molecule has 0 bridgehead atoms. The number of nitrogens with zero attached hydrogens (tertiary/aromatic N) is 3. The maximum absolute atomic E-state index is 12.5. The highest BCUT2D eigenvalue weighted by Crippen LogP contribution is 2.29. The van der Waals surface area contributed by atoms with Gasteiger partial charge in [0.2, 0.25) is 4.96 Å². The van der Waals surface area contributed by atoms with E-state index in [0.29, 0.717) is 29.2 Å². The Balaban J connectivity index is 2.02. The van der Waals surface area contributed by atoms with Crippen molar-refractivity contribution < 1.29 is 9.47 Å². The van der Waals surface area contributed by atoms with Crippen LogP contribution in [0.25, 0.3) is 11.0 Å². The lowest BCUT2D eigenvalue weighted by molar-refractivity contribution is 0.272. The fourth-order valence-corrected chi connectivity index (χ4v) is 3.37. The molecular weight excluding hydrogens is 366 g/mol. The van der Waals surface area contributed by atoms with Gasteiger partial charge in [-0.2, -0.15) is 14.6 Å². The summed E-state index contributed by atoms with van der Waals surface area (Å²) in [6, 6.07) is 5.54. The Labute approximate surface area is 159 Å². The van der Waals surface area contributed by atoms with Crippen molar-refractivity contribution in [1.82, 2.24) is 14.6 Å². The normalized spacial score (nSPS) is 11.9. The zero-order valence-corrected chi connectivity index (χ0v) is 16.3. The van der Waals surface area contributed by atoms with Crippen LogP contribution >= 0.6 is 11.3 Å². The van der Waals surface area contributed by atoms with E-state index in [9.17, 15) is 9.59 Å². The molecule has 0 spiro atoms. The highest BCUT2D eigenvalue weighted by atomic mass is 32.1. The van der Waals surface area contributed by atoms with Crippen molar-refractivity contribution in [2.75, 3.05) is 13.2 Å². The molecule has 142 valence electrons. The Hall–Kier alpha value is -2.74. The molecule has 0 saturated carbocycles. The summed E-state index contributed by atoms with van der Waals surface area (Å²) in [4.78, 5) is 28.4. The number of benzene rings is 1. The molecule has 0 aliphatic heterocycles. The van der Waals surface area contributed by atoms with Crippen molar-refractivity contribution in [3.63, 3.8) is 0 Å². The maximum Gasteiger partial charge on any atom is 0.295 e. The summed E-state index contributed by atoms with van der Waals surface area (Å²) in [5.74, 6) is 1.32. The van der Waals surface area contributed by atoms with Crippen LogP contribution in [0.5, 0.6) is 11.5 Å². The summed E-state index contributed by atoms with van der Waals surface area (Å²) < 4.78 is 13.1. The SMILES string of the molecule is CCCCOc1ccc(C=c2sc3nc(=O)c(C)nn3c2=O)cc1OCC. The van der Waals surface area contributed by atoms with Gasteiger partial charge in [0.1, 0.15) is 5.69 Å². The molecule has 3 rings (SSSR count). The molecule has 0 atom stereocenters. The van der Waals surface area contributed by atoms with Crippen LogP contribution in [0.4, 0.5) is 0 Å². The van der Waals surface area contributed by atoms with Crippen LogP contribution < -0.4 is 25.1 Å². The van der Waals surface area contributed by atoms with Crippen LogP contribution in [0.3, 0.4) is 0 Å². The topological polar surface area (TPSA) is 82.8 Å². The van der Waals surface area contributed by atoms with E-state index in [1.165, 1.54) is 11.4 Å². The highest BCUT2D eigenvalue weighted by molar-refractivity contribution is 7.15. The van der Waals surface area contributed by atoms with Crippen LogP contribution in [0, 0.1) is 6.92 Å². The minimum atomic E-state index is -0.421. The number of aromatic nitrogens is 3. The molecule has 0 saturated heterocycles. The number of aryl methyl sites for hydroxylation is 1. The van der Waals surface area contributed by atoms with Gasteiger partial charge in [0.25, 0.3) is 11.1 Å². The number of hydrogen-bond donors (Lipinski definition) is 0. The lowest BCUT2D eigenvalue weighted by Crippen LogP contribution is -2.27. The molecule has 0 radical (unpaired) electrons. The lowest BCUT2D eigenvalue weighted by atomic mass is 10.2. The zero-order valence-electron chi connectivity index (χ0n) is 15.5. The van der Waals surface area contributed by atoms with Crippen molar-refractivity contribution >= 4 is 22.4 Å². The largest absolute Gasteiger partial charge is 0.490 e. The smallest absolute Gasteiger partial charge is 0.295 e. The van der Waals surface area contributed by atoms with Gasteiger partial charge in [0.15, 0.2) is 11.5 Å². The average Bonchev–Trinajstić information content (AvgIpc) is 2.93. The number of thiazole rings is 1. The molecule has 7 nitrogen and oxygen atoms in total. The van der Waals surface area contributed by atoms with E-state index in [1.807, 2.05) is 25.1 Å². The minimum absolute atomic E-state index is 0.196. The first-order chi connectivity index (χ1) is 13.0. The number of fused-ring (bicyclic) bond motifs is 1. The molecule has 0 N–H and O–H groups in total. The van der Waals surface area contributed by atoms with Crippen molar-refractivity contribution in [3.8, 4) is 11.5 Å². The van der Waals surface area contributed by atoms with E-state index in [4.69, 9.17) is 9.47 Å². The summed E-state index contributed by atoms with van der Waals surface area (Å²) in [6.45, 7) is 6.69. The van der Waals surface area contributed by atoms with Gasteiger partial charge in [0.05, 0.1) is 17.7 Å². The van der Waals surface area contributed by atoms with Gasteiger partial charge in [-0.25, -0.2) is 0 Å². The second-order valence-electron chi connectivity index (χ2n) is 5.95. The Kier molecular flexibility index (Phi) is 5.85. The fourth-order valence-electron chi connectivity index (χ4n) is 2.47. The standard InChI is InChI=1S/C19H21N3O4S/c1-4-6-9-26-14-8-7-13(10-15(14)25-5-2)11-16-18(24)22-19(27-16)20-17(23)12(3)21-22/h7-8,10-11H,4-6,9H2,1-3H3. The number of unbranched alkanes of at least 4 members (excludes halogenated alkanes) is 1. The van der Waals surface area contributed by atoms with Gasteiger partial charge < -0.3 is 9.47 Å². The second kappa shape index (κ2) is 8.30. The molecule has 2 aromatic heterocycles. The van der Waals surface area contributed by atoms with Gasteiger partial charge in [-0.1, -0.05) is 30.7 Å². The van der Waals surface area contributed by atoms with Gasteiger partial charge in [-0.3, -0.25) is 9.59 Å². The number of hydrogen-bond acceptors (Lipinski definition) is 7. The predicted octanol–water partition coefficient (Wildman–Crippen LogP) is 1.94.